The van der Waals surface area contributed by atoms with Crippen LogP contribution in [0.4, 0.5) is 11.4 Å². The van der Waals surface area contributed by atoms with Crippen LogP contribution >= 0.6 is 31.9 Å². The minimum Gasteiger partial charge on any atom is -0.354 e. The third kappa shape index (κ3) is 3.36. The molecule has 1 nitrogen and oxygen atoms in total. The number of anilines is 2. The van der Waals surface area contributed by atoms with Crippen LogP contribution in [0.1, 0.15) is 0 Å². The van der Waals surface area contributed by atoms with Crippen molar-refractivity contribution in [1.29, 1.82) is 0 Å². The van der Waals surface area contributed by atoms with Crippen LogP contribution in [0, 0.1) is 0 Å². The lowest BCUT2D eigenvalue weighted by atomic mass is 10.1. The van der Waals surface area contributed by atoms with Gasteiger partial charge in [0.1, 0.15) is 0 Å². The molecule has 0 spiro atoms. The lowest BCUT2D eigenvalue weighted by molar-refractivity contribution is 1.50. The van der Waals surface area contributed by atoms with Crippen LogP contribution in [-0.2, 0) is 0 Å². The zero-order valence-corrected chi connectivity index (χ0v) is 14.4. The van der Waals surface area contributed by atoms with Gasteiger partial charge in [-0.3, -0.25) is 0 Å². The summed E-state index contributed by atoms with van der Waals surface area (Å²) < 4.78 is 2.09. The number of nitrogens with one attached hydrogen (secondary N) is 1. The molecule has 0 fully saturated rings. The second-order valence-corrected chi connectivity index (χ2v) is 6.37. The van der Waals surface area contributed by atoms with Crippen molar-refractivity contribution < 1.29 is 0 Å². The van der Waals surface area contributed by atoms with Crippen molar-refractivity contribution >= 4 is 43.2 Å². The van der Waals surface area contributed by atoms with Crippen molar-refractivity contribution in [3.63, 3.8) is 0 Å². The summed E-state index contributed by atoms with van der Waals surface area (Å²) in [7, 11) is 0. The molecule has 0 radical (unpaired) electrons. The number of benzene rings is 3. The summed E-state index contributed by atoms with van der Waals surface area (Å²) in [6, 6.07) is 24.8. The molecule has 0 bridgehead atoms. The third-order valence-electron chi connectivity index (χ3n) is 3.22. The minimum absolute atomic E-state index is 1.04. The fraction of sp³-hybridized carbons (Fsp3) is 0. The van der Waals surface area contributed by atoms with Gasteiger partial charge in [0.25, 0.3) is 0 Å². The van der Waals surface area contributed by atoms with Crippen LogP contribution in [-0.4, -0.2) is 0 Å². The van der Waals surface area contributed by atoms with Gasteiger partial charge >= 0.3 is 0 Å². The summed E-state index contributed by atoms with van der Waals surface area (Å²) in [6.45, 7) is 0. The number of para-hydroxylation sites is 1. The van der Waals surface area contributed by atoms with Crippen LogP contribution in [0.15, 0.2) is 81.7 Å². The van der Waals surface area contributed by atoms with Gasteiger partial charge in [0.05, 0.1) is 11.4 Å². The molecule has 3 rings (SSSR count). The Kier molecular flexibility index (Phi) is 4.42. The Labute approximate surface area is 141 Å². The van der Waals surface area contributed by atoms with Gasteiger partial charge in [0.15, 0.2) is 0 Å². The summed E-state index contributed by atoms with van der Waals surface area (Å²) in [4.78, 5) is 0. The van der Waals surface area contributed by atoms with Crippen molar-refractivity contribution in [2.24, 2.45) is 0 Å². The van der Waals surface area contributed by atoms with E-state index < -0.39 is 0 Å². The molecule has 104 valence electrons. The van der Waals surface area contributed by atoms with Gasteiger partial charge in [-0.15, -0.1) is 0 Å². The third-order valence-corrected chi connectivity index (χ3v) is 4.57. The molecule has 21 heavy (non-hydrogen) atoms. The predicted octanol–water partition coefficient (Wildman–Crippen LogP) is 6.62. The molecule has 0 aromatic heterocycles. The molecule has 0 heterocycles. The smallest absolute Gasteiger partial charge is 0.0529 e. The second-order valence-electron chi connectivity index (χ2n) is 4.67. The van der Waals surface area contributed by atoms with Crippen LogP contribution in [0.2, 0.25) is 0 Å². The van der Waals surface area contributed by atoms with Gasteiger partial charge in [-0.25, -0.2) is 0 Å². The molecule has 1 N–H and O–H groups in total. The van der Waals surface area contributed by atoms with Gasteiger partial charge in [-0.1, -0.05) is 48.5 Å². The van der Waals surface area contributed by atoms with E-state index in [1.54, 1.807) is 0 Å². The number of hydrogen-bond acceptors (Lipinski definition) is 1. The van der Waals surface area contributed by atoms with Gasteiger partial charge < -0.3 is 5.32 Å². The Morgan fingerprint density at radius 2 is 1.24 bits per heavy atom. The summed E-state index contributed by atoms with van der Waals surface area (Å²) in [5.41, 5.74) is 4.50. The first-order valence-corrected chi connectivity index (χ1v) is 8.19. The van der Waals surface area contributed by atoms with Crippen molar-refractivity contribution in [2.75, 3.05) is 5.32 Å². The van der Waals surface area contributed by atoms with E-state index in [0.717, 1.165) is 20.3 Å². The molecule has 3 aromatic carbocycles. The Morgan fingerprint density at radius 3 is 1.95 bits per heavy atom. The Balaban J connectivity index is 1.90. The highest BCUT2D eigenvalue weighted by Crippen LogP contribution is 2.33. The lowest BCUT2D eigenvalue weighted by Crippen LogP contribution is -1.92. The van der Waals surface area contributed by atoms with Crippen molar-refractivity contribution in [1.82, 2.24) is 0 Å². The normalized spacial score (nSPS) is 10.4. The fourth-order valence-corrected chi connectivity index (χ4v) is 3.00. The quantitative estimate of drug-likeness (QED) is 0.518. The van der Waals surface area contributed by atoms with Crippen LogP contribution in [0.5, 0.6) is 0 Å². The van der Waals surface area contributed by atoms with Crippen LogP contribution < -0.4 is 5.32 Å². The van der Waals surface area contributed by atoms with Gasteiger partial charge in [-0.05, 0) is 67.3 Å². The molecule has 0 aliphatic rings. The standard InChI is InChI=1S/C18H13Br2N/c19-15-8-4-5-9-17(15)21-18-11-10-14(12-16(18)20)13-6-2-1-3-7-13/h1-12,21H. The second kappa shape index (κ2) is 6.46. The van der Waals surface area contributed by atoms with Crippen molar-refractivity contribution in [3.05, 3.63) is 81.7 Å². The molecule has 3 aromatic rings. The van der Waals surface area contributed by atoms with E-state index in [-0.39, 0.29) is 0 Å². The number of halogens is 2. The summed E-state index contributed by atoms with van der Waals surface area (Å²) in [5.74, 6) is 0. The van der Waals surface area contributed by atoms with E-state index in [9.17, 15) is 0 Å². The van der Waals surface area contributed by atoms with Crippen molar-refractivity contribution in [2.45, 2.75) is 0 Å². The predicted molar refractivity (Wildman–Crippen MR) is 97.0 cm³/mol. The highest BCUT2D eigenvalue weighted by atomic mass is 79.9. The summed E-state index contributed by atoms with van der Waals surface area (Å²) in [5, 5.41) is 3.43. The Hall–Kier alpha value is -1.58. The van der Waals surface area contributed by atoms with E-state index in [4.69, 9.17) is 0 Å². The zero-order chi connectivity index (χ0) is 14.7. The summed E-state index contributed by atoms with van der Waals surface area (Å²) in [6.07, 6.45) is 0. The molecule has 0 saturated heterocycles. The molecule has 0 amide bonds. The average molecular weight is 403 g/mol. The van der Waals surface area contributed by atoms with Gasteiger partial charge in [0.2, 0.25) is 0 Å². The molecule has 0 aliphatic heterocycles. The minimum atomic E-state index is 1.04. The monoisotopic (exact) mass is 401 g/mol. The molecular formula is C18H13Br2N. The first-order valence-electron chi connectivity index (χ1n) is 6.60. The molecular weight excluding hydrogens is 390 g/mol. The fourth-order valence-electron chi connectivity index (χ4n) is 2.13. The highest BCUT2D eigenvalue weighted by Gasteiger charge is 2.05. The first kappa shape index (κ1) is 14.4. The van der Waals surface area contributed by atoms with Gasteiger partial charge in [-0.2, -0.15) is 0 Å². The first-order chi connectivity index (χ1) is 10.2. The average Bonchev–Trinajstić information content (AvgIpc) is 2.52. The topological polar surface area (TPSA) is 12.0 Å². The summed E-state index contributed by atoms with van der Waals surface area (Å²) >= 11 is 7.20. The number of hydrogen-bond donors (Lipinski definition) is 1. The molecule has 0 atom stereocenters. The highest BCUT2D eigenvalue weighted by molar-refractivity contribution is 9.11. The molecule has 0 unspecified atom stereocenters. The van der Waals surface area contributed by atoms with Crippen LogP contribution in [0.3, 0.4) is 0 Å². The number of rotatable bonds is 3. The molecule has 0 aliphatic carbocycles. The maximum Gasteiger partial charge on any atom is 0.0529 e. The Bertz CT molecular complexity index is 754. The molecule has 0 saturated carbocycles. The van der Waals surface area contributed by atoms with E-state index in [2.05, 4.69) is 79.6 Å². The van der Waals surface area contributed by atoms with E-state index in [1.807, 2.05) is 30.3 Å². The van der Waals surface area contributed by atoms with E-state index >= 15 is 0 Å². The SMILES string of the molecule is Brc1ccccc1Nc1ccc(-c2ccccc2)cc1Br. The lowest BCUT2D eigenvalue weighted by Gasteiger charge is -2.12. The maximum atomic E-state index is 3.65. The van der Waals surface area contributed by atoms with Gasteiger partial charge in [0, 0.05) is 8.95 Å². The van der Waals surface area contributed by atoms with E-state index in [1.165, 1.54) is 11.1 Å². The Morgan fingerprint density at radius 1 is 0.571 bits per heavy atom. The molecule has 3 heteroatoms. The van der Waals surface area contributed by atoms with E-state index in [0.29, 0.717) is 0 Å². The van der Waals surface area contributed by atoms with Crippen molar-refractivity contribution in [3.8, 4) is 11.1 Å². The largest absolute Gasteiger partial charge is 0.354 e. The zero-order valence-electron chi connectivity index (χ0n) is 11.2. The van der Waals surface area contributed by atoms with Crippen LogP contribution in [0.25, 0.3) is 11.1 Å². The maximum absolute atomic E-state index is 3.65.